The molecule has 5 nitrogen and oxygen atoms in total. The summed E-state index contributed by atoms with van der Waals surface area (Å²) in [4.78, 5) is 24.0. The van der Waals surface area contributed by atoms with E-state index in [0.29, 0.717) is 19.4 Å². The molecule has 1 heterocycles. The summed E-state index contributed by atoms with van der Waals surface area (Å²) in [6, 6.07) is 0. The van der Waals surface area contributed by atoms with E-state index in [1.807, 2.05) is 11.9 Å². The third-order valence-corrected chi connectivity index (χ3v) is 2.90. The van der Waals surface area contributed by atoms with Crippen molar-refractivity contribution in [3.63, 3.8) is 0 Å². The Bertz CT molecular complexity index is 412. The van der Waals surface area contributed by atoms with E-state index in [1.54, 1.807) is 12.2 Å². The van der Waals surface area contributed by atoms with Gasteiger partial charge >= 0.3 is 0 Å². The summed E-state index contributed by atoms with van der Waals surface area (Å²) in [6.07, 6.45) is 4.31. The molecule has 0 aromatic carbocycles. The van der Waals surface area contributed by atoms with Crippen molar-refractivity contribution in [2.75, 3.05) is 13.6 Å². The minimum absolute atomic E-state index is 0.0431. The van der Waals surface area contributed by atoms with E-state index in [0.717, 1.165) is 11.5 Å². The molecule has 2 aliphatic rings. The zero-order valence-corrected chi connectivity index (χ0v) is 10.0. The summed E-state index contributed by atoms with van der Waals surface area (Å²) in [5.74, 6) is 0.769. The van der Waals surface area contributed by atoms with Gasteiger partial charge in [0.05, 0.1) is 12.1 Å². The van der Waals surface area contributed by atoms with Crippen molar-refractivity contribution >= 4 is 11.7 Å². The molecule has 1 N–H and O–H groups in total. The van der Waals surface area contributed by atoms with Gasteiger partial charge in [-0.3, -0.25) is 9.59 Å². The standard InChI is InChI=1S/C12H16N2O3/c1-8(15)13-6-5-12-14(2)10-4-3-9(16)7-11(10)17-12/h3-4,12H,5-7H2,1-2H3,(H,13,15). The number of rotatable bonds is 3. The third kappa shape index (κ3) is 2.49. The number of allylic oxidation sites excluding steroid dienone is 3. The number of carbonyl (C=O) groups excluding carboxylic acids is 2. The van der Waals surface area contributed by atoms with Gasteiger partial charge in [0.15, 0.2) is 12.0 Å². The summed E-state index contributed by atoms with van der Waals surface area (Å²) in [7, 11) is 1.93. The average Bonchev–Trinajstić information content (AvgIpc) is 2.55. The molecule has 1 unspecified atom stereocenters. The fraction of sp³-hybridized carbons (Fsp3) is 0.500. The molecule has 0 aromatic heterocycles. The Kier molecular flexibility index (Phi) is 3.17. The Labute approximate surface area is 100 Å². The van der Waals surface area contributed by atoms with E-state index in [1.165, 1.54) is 6.92 Å². The van der Waals surface area contributed by atoms with Crippen LogP contribution < -0.4 is 5.32 Å². The lowest BCUT2D eigenvalue weighted by Crippen LogP contribution is -2.32. The Hall–Kier alpha value is -1.78. The van der Waals surface area contributed by atoms with Crippen LogP contribution in [-0.2, 0) is 14.3 Å². The molecule has 92 valence electrons. The summed E-state index contributed by atoms with van der Waals surface area (Å²) in [5.41, 5.74) is 0.970. The first-order chi connectivity index (χ1) is 8.08. The molecule has 1 amide bonds. The van der Waals surface area contributed by atoms with Gasteiger partial charge in [-0.1, -0.05) is 0 Å². The lowest BCUT2D eigenvalue weighted by Gasteiger charge is -2.21. The normalized spacial score (nSPS) is 22.6. The molecule has 0 saturated carbocycles. The molecule has 0 spiro atoms. The maximum Gasteiger partial charge on any atom is 0.216 e. The van der Waals surface area contributed by atoms with Crippen LogP contribution in [0.4, 0.5) is 0 Å². The van der Waals surface area contributed by atoms with Gasteiger partial charge in [-0.2, -0.15) is 0 Å². The van der Waals surface area contributed by atoms with E-state index in [4.69, 9.17) is 4.74 Å². The molecule has 0 saturated heterocycles. The Balaban J connectivity index is 1.91. The summed E-state index contributed by atoms with van der Waals surface area (Å²) < 4.78 is 5.71. The lowest BCUT2D eigenvalue weighted by molar-refractivity contribution is -0.119. The van der Waals surface area contributed by atoms with Crippen LogP contribution in [0.1, 0.15) is 19.8 Å². The molecule has 1 aliphatic carbocycles. The molecule has 0 radical (unpaired) electrons. The highest BCUT2D eigenvalue weighted by atomic mass is 16.5. The molecule has 0 bridgehead atoms. The van der Waals surface area contributed by atoms with Crippen molar-refractivity contribution < 1.29 is 14.3 Å². The average molecular weight is 236 g/mol. The Morgan fingerprint density at radius 2 is 2.35 bits per heavy atom. The van der Waals surface area contributed by atoms with Crippen LogP contribution in [0.2, 0.25) is 0 Å². The number of nitrogens with zero attached hydrogens (tertiary/aromatic N) is 1. The van der Waals surface area contributed by atoms with Gasteiger partial charge in [-0.25, -0.2) is 0 Å². The van der Waals surface area contributed by atoms with Crippen molar-refractivity contribution in [2.24, 2.45) is 0 Å². The second kappa shape index (κ2) is 4.61. The fourth-order valence-electron chi connectivity index (χ4n) is 2.01. The van der Waals surface area contributed by atoms with Crippen molar-refractivity contribution in [1.29, 1.82) is 0 Å². The van der Waals surface area contributed by atoms with Crippen molar-refractivity contribution in [3.8, 4) is 0 Å². The highest BCUT2D eigenvalue weighted by Crippen LogP contribution is 2.31. The molecule has 1 atom stereocenters. The molecule has 0 fully saturated rings. The van der Waals surface area contributed by atoms with E-state index in [9.17, 15) is 9.59 Å². The van der Waals surface area contributed by atoms with Gasteiger partial charge in [0.1, 0.15) is 5.76 Å². The molecule has 17 heavy (non-hydrogen) atoms. The van der Waals surface area contributed by atoms with E-state index in [-0.39, 0.29) is 17.9 Å². The number of carbonyl (C=O) groups is 2. The van der Waals surface area contributed by atoms with Crippen LogP contribution in [0.25, 0.3) is 0 Å². The topological polar surface area (TPSA) is 58.6 Å². The minimum Gasteiger partial charge on any atom is -0.472 e. The SMILES string of the molecule is CC(=O)NCCC1OC2=C(C=CC(=O)C2)N1C. The first-order valence-corrected chi connectivity index (χ1v) is 5.66. The molecular weight excluding hydrogens is 220 g/mol. The summed E-state index contributed by atoms with van der Waals surface area (Å²) in [6.45, 7) is 2.06. The number of ketones is 1. The summed E-state index contributed by atoms with van der Waals surface area (Å²) >= 11 is 0. The monoisotopic (exact) mass is 236 g/mol. The molecular formula is C12H16N2O3. The number of likely N-dealkylation sites (N-methyl/N-ethyl adjacent to an activating group) is 1. The zero-order chi connectivity index (χ0) is 12.4. The van der Waals surface area contributed by atoms with E-state index >= 15 is 0 Å². The van der Waals surface area contributed by atoms with Gasteiger partial charge in [-0.05, 0) is 12.2 Å². The second-order valence-electron chi connectivity index (χ2n) is 4.24. The number of nitrogens with one attached hydrogen (secondary N) is 1. The van der Waals surface area contributed by atoms with Crippen LogP contribution in [0.15, 0.2) is 23.6 Å². The largest absolute Gasteiger partial charge is 0.472 e. The van der Waals surface area contributed by atoms with Gasteiger partial charge in [0, 0.05) is 26.9 Å². The van der Waals surface area contributed by atoms with Gasteiger partial charge in [0.2, 0.25) is 5.91 Å². The second-order valence-corrected chi connectivity index (χ2v) is 4.24. The first kappa shape index (κ1) is 11.7. The highest BCUT2D eigenvalue weighted by Gasteiger charge is 2.31. The molecule has 1 aliphatic heterocycles. The van der Waals surface area contributed by atoms with Crippen LogP contribution in [0.5, 0.6) is 0 Å². The fourth-order valence-corrected chi connectivity index (χ4v) is 2.01. The smallest absolute Gasteiger partial charge is 0.216 e. The Morgan fingerprint density at radius 1 is 1.59 bits per heavy atom. The number of amides is 1. The van der Waals surface area contributed by atoms with E-state index in [2.05, 4.69) is 5.32 Å². The van der Waals surface area contributed by atoms with Crippen molar-refractivity contribution in [1.82, 2.24) is 10.2 Å². The van der Waals surface area contributed by atoms with Crippen LogP contribution in [0.3, 0.4) is 0 Å². The summed E-state index contributed by atoms with van der Waals surface area (Å²) in [5, 5.41) is 2.73. The van der Waals surface area contributed by atoms with Gasteiger partial charge < -0.3 is 15.0 Å². The van der Waals surface area contributed by atoms with E-state index < -0.39 is 0 Å². The maximum atomic E-state index is 11.2. The maximum absolute atomic E-state index is 11.2. The quantitative estimate of drug-likeness (QED) is 0.777. The molecule has 0 aromatic rings. The predicted octanol–water partition coefficient (Wildman–Crippen LogP) is 0.541. The number of hydrogen-bond donors (Lipinski definition) is 1. The van der Waals surface area contributed by atoms with Crippen LogP contribution in [-0.4, -0.2) is 36.4 Å². The number of ether oxygens (including phenoxy) is 1. The molecule has 5 heteroatoms. The van der Waals surface area contributed by atoms with Crippen LogP contribution >= 0.6 is 0 Å². The van der Waals surface area contributed by atoms with Gasteiger partial charge in [0.25, 0.3) is 0 Å². The molecule has 2 rings (SSSR count). The third-order valence-electron chi connectivity index (χ3n) is 2.90. The minimum atomic E-state index is -0.0950. The van der Waals surface area contributed by atoms with Crippen molar-refractivity contribution in [2.45, 2.75) is 26.0 Å². The highest BCUT2D eigenvalue weighted by molar-refractivity contribution is 5.93. The lowest BCUT2D eigenvalue weighted by atomic mass is 10.1. The zero-order valence-electron chi connectivity index (χ0n) is 10.0. The first-order valence-electron chi connectivity index (χ1n) is 5.66. The predicted molar refractivity (Wildman–Crippen MR) is 61.7 cm³/mol. The van der Waals surface area contributed by atoms with Crippen LogP contribution in [0, 0.1) is 0 Å². The van der Waals surface area contributed by atoms with Gasteiger partial charge in [-0.15, -0.1) is 0 Å². The van der Waals surface area contributed by atoms with Crippen molar-refractivity contribution in [3.05, 3.63) is 23.6 Å². The Morgan fingerprint density at radius 3 is 3.06 bits per heavy atom. The number of hydrogen-bond acceptors (Lipinski definition) is 4.